The molecular formula is C24H28N4O4. The summed E-state index contributed by atoms with van der Waals surface area (Å²) in [5.41, 5.74) is 3.06. The van der Waals surface area contributed by atoms with E-state index >= 15 is 0 Å². The van der Waals surface area contributed by atoms with Gasteiger partial charge in [0, 0.05) is 32.7 Å². The third-order valence-electron chi connectivity index (χ3n) is 6.40. The smallest absolute Gasteiger partial charge is 0.327 e. The van der Waals surface area contributed by atoms with Gasteiger partial charge in [0.2, 0.25) is 5.69 Å². The van der Waals surface area contributed by atoms with Crippen LogP contribution in [0.15, 0.2) is 24.3 Å². The summed E-state index contributed by atoms with van der Waals surface area (Å²) in [6, 6.07) is 6.64. The summed E-state index contributed by atoms with van der Waals surface area (Å²) in [6.45, 7) is 12.0. The minimum absolute atomic E-state index is 0.00209. The molecule has 0 bridgehead atoms. The van der Waals surface area contributed by atoms with Crippen molar-refractivity contribution in [3.63, 3.8) is 0 Å². The minimum atomic E-state index is -0.495. The SMILES string of the molecule is [C-]#[N+]c1ccccc1C(=O)OCCCn1nc(CC)c2c1CC1(CCOCC1)CNC2=O. The zero-order valence-electron chi connectivity index (χ0n) is 18.4. The van der Waals surface area contributed by atoms with Crippen LogP contribution in [0, 0.1) is 12.0 Å². The molecule has 2 aliphatic rings. The number of aromatic nitrogens is 2. The highest BCUT2D eigenvalue weighted by Gasteiger charge is 2.39. The number of rotatable bonds is 6. The van der Waals surface area contributed by atoms with Crippen molar-refractivity contribution >= 4 is 17.6 Å². The monoisotopic (exact) mass is 436 g/mol. The predicted molar refractivity (Wildman–Crippen MR) is 118 cm³/mol. The number of esters is 1. The van der Waals surface area contributed by atoms with Crippen molar-refractivity contribution < 1.29 is 19.1 Å². The van der Waals surface area contributed by atoms with E-state index in [1.165, 1.54) is 0 Å². The van der Waals surface area contributed by atoms with Gasteiger partial charge in [-0.2, -0.15) is 5.10 Å². The van der Waals surface area contributed by atoms with Gasteiger partial charge in [-0.3, -0.25) is 9.48 Å². The van der Waals surface area contributed by atoms with E-state index in [1.807, 2.05) is 11.6 Å². The Morgan fingerprint density at radius 2 is 2.12 bits per heavy atom. The lowest BCUT2D eigenvalue weighted by molar-refractivity contribution is 0.0152. The Morgan fingerprint density at radius 1 is 1.34 bits per heavy atom. The molecular weight excluding hydrogens is 408 g/mol. The second-order valence-electron chi connectivity index (χ2n) is 8.44. The normalized spacial score (nSPS) is 17.2. The summed E-state index contributed by atoms with van der Waals surface area (Å²) in [5.74, 6) is -0.542. The number of fused-ring (bicyclic) bond motifs is 1. The molecule has 1 aromatic carbocycles. The van der Waals surface area contributed by atoms with E-state index in [9.17, 15) is 9.59 Å². The van der Waals surface area contributed by atoms with Crippen LogP contribution in [-0.2, 0) is 28.9 Å². The lowest BCUT2D eigenvalue weighted by Crippen LogP contribution is -2.40. The average Bonchev–Trinajstić information content (AvgIpc) is 3.10. The van der Waals surface area contributed by atoms with Crippen LogP contribution >= 0.6 is 0 Å². The number of carbonyl (C=O) groups excluding carboxylic acids is 2. The molecule has 2 aromatic rings. The van der Waals surface area contributed by atoms with Gasteiger partial charge < -0.3 is 14.8 Å². The van der Waals surface area contributed by atoms with Crippen LogP contribution in [0.5, 0.6) is 0 Å². The van der Waals surface area contributed by atoms with E-state index in [-0.39, 0.29) is 29.2 Å². The van der Waals surface area contributed by atoms with Gasteiger partial charge in [0.25, 0.3) is 5.91 Å². The van der Waals surface area contributed by atoms with Crippen molar-refractivity contribution in [1.82, 2.24) is 15.1 Å². The Bertz CT molecular complexity index is 1050. The molecule has 1 fully saturated rings. The number of nitrogens with zero attached hydrogens (tertiary/aromatic N) is 3. The lowest BCUT2D eigenvalue weighted by Gasteiger charge is -2.36. The maximum atomic E-state index is 12.9. The molecule has 32 heavy (non-hydrogen) atoms. The number of amides is 1. The van der Waals surface area contributed by atoms with Crippen molar-refractivity contribution in [2.75, 3.05) is 26.4 Å². The molecule has 0 unspecified atom stereocenters. The molecule has 1 N–H and O–H groups in total. The second kappa shape index (κ2) is 9.53. The van der Waals surface area contributed by atoms with E-state index in [0.717, 1.165) is 30.7 Å². The Kier molecular flexibility index (Phi) is 6.56. The zero-order chi connectivity index (χ0) is 22.6. The average molecular weight is 437 g/mol. The molecule has 1 aromatic heterocycles. The molecule has 4 rings (SSSR count). The molecule has 168 valence electrons. The predicted octanol–water partition coefficient (Wildman–Crippen LogP) is 3.33. The van der Waals surface area contributed by atoms with Crippen LogP contribution in [0.3, 0.4) is 0 Å². The maximum absolute atomic E-state index is 12.9. The van der Waals surface area contributed by atoms with Gasteiger partial charge in [0.1, 0.15) is 0 Å². The zero-order valence-corrected chi connectivity index (χ0v) is 18.4. The topological polar surface area (TPSA) is 86.8 Å². The number of nitrogens with one attached hydrogen (secondary N) is 1. The molecule has 1 spiro atoms. The van der Waals surface area contributed by atoms with Crippen LogP contribution in [0.2, 0.25) is 0 Å². The van der Waals surface area contributed by atoms with Gasteiger partial charge in [0.15, 0.2) is 0 Å². The molecule has 0 atom stereocenters. The minimum Gasteiger partial charge on any atom is -0.463 e. The third kappa shape index (κ3) is 4.39. The first-order chi connectivity index (χ1) is 15.6. The number of carbonyl (C=O) groups is 2. The molecule has 8 nitrogen and oxygen atoms in total. The van der Waals surface area contributed by atoms with Crippen molar-refractivity contribution in [3.05, 3.63) is 58.2 Å². The molecule has 3 heterocycles. The summed E-state index contributed by atoms with van der Waals surface area (Å²) in [7, 11) is 0. The van der Waals surface area contributed by atoms with E-state index in [2.05, 4.69) is 10.2 Å². The summed E-state index contributed by atoms with van der Waals surface area (Å²) >= 11 is 0. The van der Waals surface area contributed by atoms with Crippen molar-refractivity contribution in [2.45, 2.75) is 45.6 Å². The lowest BCUT2D eigenvalue weighted by atomic mass is 9.76. The second-order valence-corrected chi connectivity index (χ2v) is 8.44. The quantitative estimate of drug-likeness (QED) is 0.426. The summed E-state index contributed by atoms with van der Waals surface area (Å²) in [5, 5.41) is 7.85. The van der Waals surface area contributed by atoms with Gasteiger partial charge in [-0.05, 0) is 31.1 Å². The Hall–Kier alpha value is -3.18. The van der Waals surface area contributed by atoms with Gasteiger partial charge >= 0.3 is 5.97 Å². The Morgan fingerprint density at radius 3 is 2.88 bits per heavy atom. The van der Waals surface area contributed by atoms with Crippen LogP contribution in [0.25, 0.3) is 4.85 Å². The highest BCUT2D eigenvalue weighted by atomic mass is 16.5. The van der Waals surface area contributed by atoms with Gasteiger partial charge in [-0.1, -0.05) is 31.2 Å². The fourth-order valence-corrected chi connectivity index (χ4v) is 4.56. The van der Waals surface area contributed by atoms with Crippen LogP contribution in [0.1, 0.15) is 58.3 Å². The standard InChI is InChI=1S/C24H28N4O4/c1-3-18-21-20(15-24(16-26-22(21)29)9-13-31-14-10-24)28(27-18)11-6-12-32-23(30)17-7-4-5-8-19(17)25-2/h4-5,7-8H,3,6,9-16H2,1H3,(H,26,29). The van der Waals surface area contributed by atoms with Crippen LogP contribution in [-0.4, -0.2) is 48.0 Å². The Labute approximate surface area is 187 Å². The fourth-order valence-electron chi connectivity index (χ4n) is 4.56. The summed E-state index contributed by atoms with van der Waals surface area (Å²) in [4.78, 5) is 28.6. The first-order valence-electron chi connectivity index (χ1n) is 11.1. The van der Waals surface area contributed by atoms with E-state index in [4.69, 9.17) is 21.1 Å². The van der Waals surface area contributed by atoms with Crippen LogP contribution < -0.4 is 5.32 Å². The molecule has 0 radical (unpaired) electrons. The number of ether oxygens (including phenoxy) is 2. The molecule has 2 aliphatic heterocycles. The third-order valence-corrected chi connectivity index (χ3v) is 6.40. The highest BCUT2D eigenvalue weighted by Crippen LogP contribution is 2.37. The van der Waals surface area contributed by atoms with E-state index in [1.54, 1.807) is 24.3 Å². The van der Waals surface area contributed by atoms with Crippen molar-refractivity contribution in [1.29, 1.82) is 0 Å². The fraction of sp³-hybridized carbons (Fsp3) is 0.500. The summed E-state index contributed by atoms with van der Waals surface area (Å²) < 4.78 is 12.9. The van der Waals surface area contributed by atoms with E-state index < -0.39 is 5.97 Å². The molecule has 8 heteroatoms. The van der Waals surface area contributed by atoms with Gasteiger partial charge in [-0.25, -0.2) is 9.64 Å². The molecule has 0 aliphatic carbocycles. The first-order valence-corrected chi connectivity index (χ1v) is 11.1. The maximum Gasteiger partial charge on any atom is 0.327 e. The molecule has 1 saturated heterocycles. The number of aryl methyl sites for hydroxylation is 2. The Balaban J connectivity index is 1.46. The largest absolute Gasteiger partial charge is 0.463 e. The number of para-hydroxylation sites is 1. The summed E-state index contributed by atoms with van der Waals surface area (Å²) in [6.07, 6.45) is 3.87. The number of hydrogen-bond donors (Lipinski definition) is 1. The number of hydrogen-bond acceptors (Lipinski definition) is 5. The van der Waals surface area contributed by atoms with Gasteiger partial charge in [0.05, 0.1) is 35.7 Å². The molecule has 1 amide bonds. The van der Waals surface area contributed by atoms with Crippen molar-refractivity contribution in [3.8, 4) is 0 Å². The van der Waals surface area contributed by atoms with E-state index in [0.29, 0.717) is 44.7 Å². The van der Waals surface area contributed by atoms with Crippen LogP contribution in [0.4, 0.5) is 5.69 Å². The number of benzene rings is 1. The molecule has 0 saturated carbocycles. The van der Waals surface area contributed by atoms with Crippen molar-refractivity contribution in [2.24, 2.45) is 5.41 Å². The first kappa shape index (κ1) is 22.0. The van der Waals surface area contributed by atoms with Gasteiger partial charge in [-0.15, -0.1) is 0 Å². The highest BCUT2D eigenvalue weighted by molar-refractivity contribution is 5.97.